The quantitative estimate of drug-likeness (QED) is 0.658. The topological polar surface area (TPSA) is 9.23 Å². The maximum absolute atomic E-state index is 12.9. The Morgan fingerprint density at radius 2 is 1.76 bits per heavy atom. The van der Waals surface area contributed by atoms with E-state index >= 15 is 0 Å². The summed E-state index contributed by atoms with van der Waals surface area (Å²) in [6.45, 7) is 0. The summed E-state index contributed by atoms with van der Waals surface area (Å²) in [6, 6.07) is 10.2. The molecule has 2 aromatic carbocycles. The summed E-state index contributed by atoms with van der Waals surface area (Å²) in [6.07, 6.45) is -4.48. The number of alkyl halides is 4. The second-order valence-electron chi connectivity index (χ2n) is 3.85. The van der Waals surface area contributed by atoms with E-state index in [-0.39, 0.29) is 11.3 Å². The summed E-state index contributed by atoms with van der Waals surface area (Å²) in [4.78, 5) is 0. The van der Waals surface area contributed by atoms with Crippen LogP contribution in [0.5, 0.6) is 5.75 Å². The van der Waals surface area contributed by atoms with Crippen molar-refractivity contribution in [2.24, 2.45) is 0 Å². The van der Waals surface area contributed by atoms with Crippen molar-refractivity contribution in [3.63, 3.8) is 0 Å². The van der Waals surface area contributed by atoms with Crippen molar-refractivity contribution in [2.45, 2.75) is 10.7 Å². The van der Waals surface area contributed by atoms with Crippen molar-refractivity contribution >= 4 is 26.7 Å². The van der Waals surface area contributed by atoms with Crippen LogP contribution in [0.25, 0.3) is 10.8 Å². The molecule has 1 atom stereocenters. The van der Waals surface area contributed by atoms with Crippen molar-refractivity contribution in [2.75, 3.05) is 0 Å². The molecule has 0 saturated heterocycles. The van der Waals surface area contributed by atoms with Crippen LogP contribution in [0, 0.1) is 0 Å². The molecular formula is C12H6BrF3O. The Balaban J connectivity index is 2.31. The molecule has 1 unspecified atom stereocenters. The molecule has 88 valence electrons. The van der Waals surface area contributed by atoms with E-state index in [0.717, 1.165) is 5.39 Å². The van der Waals surface area contributed by atoms with Crippen molar-refractivity contribution < 1.29 is 17.9 Å². The predicted molar refractivity (Wildman–Crippen MR) is 61.2 cm³/mol. The first-order valence-corrected chi connectivity index (χ1v) is 5.70. The van der Waals surface area contributed by atoms with E-state index in [1.807, 2.05) is 0 Å². The standard InChI is InChI=1S/C12H6BrF3O/c13-11(12(14,15)16)10-8-4-2-1-3-7(8)5-6-9(10)17-11/h1-6H. The third kappa shape index (κ3) is 1.32. The minimum absolute atomic E-state index is 0.156. The fourth-order valence-corrected chi connectivity index (χ4v) is 2.61. The van der Waals surface area contributed by atoms with Crippen LogP contribution in [0.2, 0.25) is 0 Å². The van der Waals surface area contributed by atoms with Gasteiger partial charge in [0.2, 0.25) is 0 Å². The number of fused-ring (bicyclic) bond motifs is 3. The maximum atomic E-state index is 12.9. The van der Waals surface area contributed by atoms with Gasteiger partial charge in [0, 0.05) is 0 Å². The predicted octanol–water partition coefficient (Wildman–Crippen LogP) is 4.34. The molecule has 0 aliphatic carbocycles. The number of halogens is 4. The molecule has 0 saturated carbocycles. The van der Waals surface area contributed by atoms with Crippen LogP contribution in [0.4, 0.5) is 13.2 Å². The van der Waals surface area contributed by atoms with Crippen LogP contribution in [0.1, 0.15) is 5.56 Å². The lowest BCUT2D eigenvalue weighted by Crippen LogP contribution is -2.48. The Morgan fingerprint density at radius 1 is 1.06 bits per heavy atom. The average Bonchev–Trinajstić information content (AvgIpc) is 2.24. The van der Waals surface area contributed by atoms with Crippen LogP contribution in [-0.2, 0) is 4.51 Å². The smallest absolute Gasteiger partial charge is 0.443 e. The Bertz CT molecular complexity index is 608. The Morgan fingerprint density at radius 3 is 2.47 bits per heavy atom. The molecule has 5 heteroatoms. The highest BCUT2D eigenvalue weighted by Crippen LogP contribution is 2.59. The van der Waals surface area contributed by atoms with Gasteiger partial charge in [-0.1, -0.05) is 30.3 Å². The van der Waals surface area contributed by atoms with Crippen molar-refractivity contribution in [1.82, 2.24) is 0 Å². The Hall–Kier alpha value is -1.23. The van der Waals surface area contributed by atoms with Gasteiger partial charge in [-0.2, -0.15) is 13.2 Å². The summed E-state index contributed by atoms with van der Waals surface area (Å²) in [5, 5.41) is 1.33. The normalized spacial score (nSPS) is 22.8. The van der Waals surface area contributed by atoms with E-state index in [1.165, 1.54) is 0 Å². The Labute approximate surface area is 103 Å². The molecule has 17 heavy (non-hydrogen) atoms. The summed E-state index contributed by atoms with van der Waals surface area (Å²) in [5.41, 5.74) is 0.156. The highest BCUT2D eigenvalue weighted by atomic mass is 79.9. The Kier molecular flexibility index (Phi) is 2.03. The second-order valence-corrected chi connectivity index (χ2v) is 4.97. The third-order valence-corrected chi connectivity index (χ3v) is 3.84. The number of benzene rings is 2. The van der Waals surface area contributed by atoms with Crippen LogP contribution in [0.3, 0.4) is 0 Å². The SMILES string of the molecule is FC(F)(F)C1(Br)Oc2ccc3ccccc3c21. The first-order chi connectivity index (χ1) is 7.93. The van der Waals surface area contributed by atoms with Crippen molar-refractivity contribution in [3.8, 4) is 5.75 Å². The number of hydrogen-bond donors (Lipinski definition) is 0. The number of ether oxygens (including phenoxy) is 1. The minimum atomic E-state index is -4.48. The largest absolute Gasteiger partial charge is 0.461 e. The molecule has 0 radical (unpaired) electrons. The van der Waals surface area contributed by atoms with Gasteiger partial charge >= 0.3 is 6.18 Å². The first kappa shape index (κ1) is 10.9. The van der Waals surface area contributed by atoms with E-state index < -0.39 is 10.7 Å². The van der Waals surface area contributed by atoms with Gasteiger partial charge in [-0.25, -0.2) is 0 Å². The third-order valence-electron chi connectivity index (χ3n) is 2.83. The number of hydrogen-bond acceptors (Lipinski definition) is 1. The molecule has 1 nitrogen and oxygen atoms in total. The van der Waals surface area contributed by atoms with Gasteiger partial charge in [0.05, 0.1) is 5.56 Å². The van der Waals surface area contributed by atoms with E-state index in [9.17, 15) is 13.2 Å². The molecular weight excluding hydrogens is 297 g/mol. The molecule has 0 spiro atoms. The van der Waals surface area contributed by atoms with Gasteiger partial charge in [0.15, 0.2) is 0 Å². The summed E-state index contributed by atoms with van der Waals surface area (Å²) in [7, 11) is 0. The van der Waals surface area contributed by atoms with Crippen LogP contribution < -0.4 is 4.74 Å². The summed E-state index contributed by atoms with van der Waals surface area (Å²) >= 11 is 2.66. The van der Waals surface area contributed by atoms with Gasteiger partial charge in [-0.05, 0) is 32.8 Å². The zero-order valence-electron chi connectivity index (χ0n) is 8.38. The first-order valence-electron chi connectivity index (χ1n) is 4.90. The zero-order chi connectivity index (χ0) is 12.3. The lowest BCUT2D eigenvalue weighted by Gasteiger charge is -2.41. The average molecular weight is 303 g/mol. The molecule has 0 fully saturated rings. The lowest BCUT2D eigenvalue weighted by atomic mass is 9.95. The summed E-state index contributed by atoms with van der Waals surface area (Å²) in [5.74, 6) is 0.276. The van der Waals surface area contributed by atoms with E-state index in [2.05, 4.69) is 15.9 Å². The molecule has 0 amide bonds. The van der Waals surface area contributed by atoms with Crippen LogP contribution >= 0.6 is 15.9 Å². The monoisotopic (exact) mass is 302 g/mol. The summed E-state index contributed by atoms with van der Waals surface area (Å²) < 4.78 is 41.2. The molecule has 0 aromatic heterocycles. The highest BCUT2D eigenvalue weighted by Gasteiger charge is 2.64. The molecule has 3 rings (SSSR count). The van der Waals surface area contributed by atoms with Crippen molar-refractivity contribution in [3.05, 3.63) is 42.0 Å². The van der Waals surface area contributed by atoms with Gasteiger partial charge in [-0.3, -0.25) is 0 Å². The highest BCUT2D eigenvalue weighted by molar-refractivity contribution is 9.09. The molecule has 1 aliphatic heterocycles. The molecule has 1 heterocycles. The van der Waals surface area contributed by atoms with Gasteiger partial charge in [0.25, 0.3) is 4.51 Å². The zero-order valence-corrected chi connectivity index (χ0v) is 9.97. The second kappa shape index (κ2) is 3.16. The number of rotatable bonds is 0. The van der Waals surface area contributed by atoms with Crippen LogP contribution in [0.15, 0.2) is 36.4 Å². The van der Waals surface area contributed by atoms with Crippen molar-refractivity contribution in [1.29, 1.82) is 0 Å². The van der Waals surface area contributed by atoms with E-state index in [0.29, 0.717) is 5.39 Å². The van der Waals surface area contributed by atoms with Crippen LogP contribution in [-0.4, -0.2) is 6.18 Å². The van der Waals surface area contributed by atoms with Gasteiger partial charge < -0.3 is 4.74 Å². The molecule has 0 N–H and O–H groups in total. The maximum Gasteiger partial charge on any atom is 0.443 e. The van der Waals surface area contributed by atoms with E-state index in [1.54, 1.807) is 36.4 Å². The fraction of sp³-hybridized carbons (Fsp3) is 0.167. The minimum Gasteiger partial charge on any atom is -0.461 e. The molecule has 0 bridgehead atoms. The molecule has 1 aliphatic rings. The van der Waals surface area contributed by atoms with Gasteiger partial charge in [-0.15, -0.1) is 0 Å². The van der Waals surface area contributed by atoms with E-state index in [4.69, 9.17) is 4.74 Å². The lowest BCUT2D eigenvalue weighted by molar-refractivity contribution is -0.225. The fourth-order valence-electron chi connectivity index (χ4n) is 2.02. The molecule has 2 aromatic rings. The van der Waals surface area contributed by atoms with Gasteiger partial charge in [0.1, 0.15) is 5.75 Å².